The van der Waals surface area contributed by atoms with Crippen molar-refractivity contribution < 1.29 is 9.53 Å². The van der Waals surface area contributed by atoms with Gasteiger partial charge in [-0.15, -0.1) is 0 Å². The molecular weight excluding hydrogens is 292 g/mol. The molecule has 0 radical (unpaired) electrons. The van der Waals surface area contributed by atoms with E-state index in [1.807, 2.05) is 29.0 Å². The maximum absolute atomic E-state index is 11.9. The highest BCUT2D eigenvalue weighted by Crippen LogP contribution is 2.05. The maximum atomic E-state index is 11.9. The Morgan fingerprint density at radius 1 is 1.39 bits per heavy atom. The Hall–Kier alpha value is -2.18. The van der Waals surface area contributed by atoms with Crippen LogP contribution in [0, 0.1) is 0 Å². The van der Waals surface area contributed by atoms with Gasteiger partial charge in [-0.05, 0) is 12.0 Å². The molecule has 1 aromatic heterocycles. The Bertz CT molecular complexity index is 598. The minimum Gasteiger partial charge on any atom is -0.385 e. The summed E-state index contributed by atoms with van der Waals surface area (Å²) in [5, 5.41) is 2.81. The molecule has 0 bridgehead atoms. The molecule has 2 aromatic rings. The van der Waals surface area contributed by atoms with Crippen LogP contribution >= 0.6 is 0 Å². The average Bonchev–Trinajstić information content (AvgIpc) is 2.99. The zero-order chi connectivity index (χ0) is 16.5. The van der Waals surface area contributed by atoms with Crippen molar-refractivity contribution in [2.24, 2.45) is 5.73 Å². The molecule has 6 nitrogen and oxygen atoms in total. The molecule has 6 heteroatoms. The number of aromatic nitrogens is 2. The molecule has 23 heavy (non-hydrogen) atoms. The number of benzene rings is 1. The molecule has 0 saturated heterocycles. The summed E-state index contributed by atoms with van der Waals surface area (Å²) >= 11 is 0. The zero-order valence-corrected chi connectivity index (χ0v) is 13.4. The normalized spacial score (nSPS) is 12.1. The van der Waals surface area contributed by atoms with E-state index in [-0.39, 0.29) is 5.91 Å². The third-order valence-corrected chi connectivity index (χ3v) is 3.48. The van der Waals surface area contributed by atoms with Gasteiger partial charge >= 0.3 is 0 Å². The molecule has 1 amide bonds. The van der Waals surface area contributed by atoms with Gasteiger partial charge in [0.05, 0.1) is 18.1 Å². The van der Waals surface area contributed by atoms with Crippen molar-refractivity contribution in [3.8, 4) is 0 Å². The lowest BCUT2D eigenvalue weighted by Crippen LogP contribution is -2.42. The molecule has 2 rings (SSSR count). The van der Waals surface area contributed by atoms with E-state index in [1.54, 1.807) is 13.4 Å². The van der Waals surface area contributed by atoms with Crippen LogP contribution in [0.25, 0.3) is 0 Å². The smallest absolute Gasteiger partial charge is 0.237 e. The molecule has 1 heterocycles. The summed E-state index contributed by atoms with van der Waals surface area (Å²) in [7, 11) is 1.64. The van der Waals surface area contributed by atoms with Crippen molar-refractivity contribution >= 4 is 5.91 Å². The summed E-state index contributed by atoms with van der Waals surface area (Å²) in [5.41, 5.74) is 7.96. The van der Waals surface area contributed by atoms with Crippen LogP contribution in [0.15, 0.2) is 42.9 Å². The second-order valence-corrected chi connectivity index (χ2v) is 5.47. The Kier molecular flexibility index (Phi) is 6.77. The van der Waals surface area contributed by atoms with Gasteiger partial charge in [0.2, 0.25) is 5.91 Å². The highest BCUT2D eigenvalue weighted by Gasteiger charge is 2.15. The standard InChI is InChI=1S/C17H24N4O2/c1-23-9-5-8-19-17(22)16(18)10-15-12-21(13-20-15)11-14-6-3-2-4-7-14/h2-4,6-7,12-13,16H,5,8-11,18H2,1H3,(H,19,22)/t16-/m0/s1. The predicted octanol–water partition coefficient (Wildman–Crippen LogP) is 0.954. The predicted molar refractivity (Wildman–Crippen MR) is 89.0 cm³/mol. The van der Waals surface area contributed by atoms with Crippen molar-refractivity contribution in [2.45, 2.75) is 25.4 Å². The number of amides is 1. The van der Waals surface area contributed by atoms with Gasteiger partial charge in [-0.2, -0.15) is 0 Å². The fraction of sp³-hybridized carbons (Fsp3) is 0.412. The monoisotopic (exact) mass is 316 g/mol. The van der Waals surface area contributed by atoms with Gasteiger partial charge in [0.1, 0.15) is 0 Å². The third kappa shape index (κ3) is 5.84. The van der Waals surface area contributed by atoms with Crippen LogP contribution in [0.1, 0.15) is 17.7 Å². The maximum Gasteiger partial charge on any atom is 0.237 e. The summed E-state index contributed by atoms with van der Waals surface area (Å²) < 4.78 is 6.93. The molecule has 0 saturated carbocycles. The fourth-order valence-electron chi connectivity index (χ4n) is 2.27. The highest BCUT2D eigenvalue weighted by atomic mass is 16.5. The van der Waals surface area contributed by atoms with Gasteiger partial charge in [0.25, 0.3) is 0 Å². The van der Waals surface area contributed by atoms with E-state index in [1.165, 1.54) is 5.56 Å². The minimum atomic E-state index is -0.586. The number of carbonyl (C=O) groups is 1. The van der Waals surface area contributed by atoms with Crippen LogP contribution in [-0.4, -0.2) is 41.8 Å². The lowest BCUT2D eigenvalue weighted by molar-refractivity contribution is -0.122. The van der Waals surface area contributed by atoms with E-state index in [0.29, 0.717) is 19.6 Å². The summed E-state index contributed by atoms with van der Waals surface area (Å²) in [4.78, 5) is 16.2. The Labute approximate surface area is 136 Å². The largest absolute Gasteiger partial charge is 0.385 e. The first-order valence-corrected chi connectivity index (χ1v) is 7.76. The van der Waals surface area contributed by atoms with E-state index in [4.69, 9.17) is 10.5 Å². The van der Waals surface area contributed by atoms with Crippen molar-refractivity contribution in [3.63, 3.8) is 0 Å². The first-order valence-electron chi connectivity index (χ1n) is 7.76. The molecule has 0 spiro atoms. The number of nitrogens with two attached hydrogens (primary N) is 1. The quantitative estimate of drug-likeness (QED) is 0.675. The molecule has 124 valence electrons. The second-order valence-electron chi connectivity index (χ2n) is 5.47. The van der Waals surface area contributed by atoms with Crippen molar-refractivity contribution in [3.05, 3.63) is 54.1 Å². The molecule has 0 aliphatic carbocycles. The van der Waals surface area contributed by atoms with Crippen LogP contribution in [0.2, 0.25) is 0 Å². The van der Waals surface area contributed by atoms with Gasteiger partial charge in [0, 0.05) is 39.4 Å². The van der Waals surface area contributed by atoms with Crippen LogP contribution in [0.5, 0.6) is 0 Å². The Morgan fingerprint density at radius 3 is 2.91 bits per heavy atom. The van der Waals surface area contributed by atoms with Gasteiger partial charge in [-0.25, -0.2) is 4.98 Å². The van der Waals surface area contributed by atoms with Gasteiger partial charge in [-0.3, -0.25) is 4.79 Å². The van der Waals surface area contributed by atoms with E-state index < -0.39 is 6.04 Å². The topological polar surface area (TPSA) is 82.2 Å². The highest BCUT2D eigenvalue weighted by molar-refractivity contribution is 5.81. The van der Waals surface area contributed by atoms with E-state index >= 15 is 0 Å². The number of rotatable bonds is 9. The van der Waals surface area contributed by atoms with E-state index in [9.17, 15) is 4.79 Å². The van der Waals surface area contributed by atoms with Crippen LogP contribution in [0.3, 0.4) is 0 Å². The zero-order valence-electron chi connectivity index (χ0n) is 13.4. The van der Waals surface area contributed by atoms with Crippen LogP contribution in [-0.2, 0) is 22.5 Å². The Balaban J connectivity index is 1.80. The number of methoxy groups -OCH3 is 1. The first kappa shape index (κ1) is 17.2. The van der Waals surface area contributed by atoms with Crippen LogP contribution < -0.4 is 11.1 Å². The van der Waals surface area contributed by atoms with Gasteiger partial charge in [-0.1, -0.05) is 30.3 Å². The number of hydrogen-bond acceptors (Lipinski definition) is 4. The number of ether oxygens (including phenoxy) is 1. The van der Waals surface area contributed by atoms with E-state index in [2.05, 4.69) is 22.4 Å². The molecule has 3 N–H and O–H groups in total. The summed E-state index contributed by atoms with van der Waals surface area (Å²) in [6.07, 6.45) is 4.91. The van der Waals surface area contributed by atoms with Crippen molar-refractivity contribution in [1.29, 1.82) is 0 Å². The SMILES string of the molecule is COCCCNC(=O)[C@@H](N)Cc1cn(Cc2ccccc2)cn1. The molecule has 0 unspecified atom stereocenters. The van der Waals surface area contributed by atoms with Crippen molar-refractivity contribution in [1.82, 2.24) is 14.9 Å². The average molecular weight is 316 g/mol. The van der Waals surface area contributed by atoms with Crippen molar-refractivity contribution in [2.75, 3.05) is 20.3 Å². The summed E-state index contributed by atoms with van der Waals surface area (Å²) in [6, 6.07) is 9.57. The van der Waals surface area contributed by atoms with E-state index in [0.717, 1.165) is 18.7 Å². The number of nitrogens with one attached hydrogen (secondary N) is 1. The van der Waals surface area contributed by atoms with Crippen LogP contribution in [0.4, 0.5) is 0 Å². The number of imidazole rings is 1. The Morgan fingerprint density at radius 2 is 2.17 bits per heavy atom. The lowest BCUT2D eigenvalue weighted by atomic mass is 10.1. The molecule has 0 fully saturated rings. The summed E-state index contributed by atoms with van der Waals surface area (Å²) in [5.74, 6) is -0.154. The number of carbonyl (C=O) groups excluding carboxylic acids is 1. The number of nitrogens with zero attached hydrogens (tertiary/aromatic N) is 2. The fourth-order valence-corrected chi connectivity index (χ4v) is 2.27. The molecule has 0 aliphatic heterocycles. The first-order chi connectivity index (χ1) is 11.2. The second kappa shape index (κ2) is 9.07. The number of hydrogen-bond donors (Lipinski definition) is 2. The van der Waals surface area contributed by atoms with Gasteiger partial charge < -0.3 is 20.4 Å². The molecular formula is C17H24N4O2. The third-order valence-electron chi connectivity index (χ3n) is 3.48. The minimum absolute atomic E-state index is 0.154. The molecule has 0 aliphatic rings. The molecule has 1 aromatic carbocycles. The van der Waals surface area contributed by atoms with Gasteiger partial charge in [0.15, 0.2) is 0 Å². The summed E-state index contributed by atoms with van der Waals surface area (Å²) in [6.45, 7) is 1.95. The molecule has 1 atom stereocenters. The lowest BCUT2D eigenvalue weighted by Gasteiger charge is -2.10.